The average molecular weight is 209 g/mol. The van der Waals surface area contributed by atoms with Crippen LogP contribution in [0.3, 0.4) is 0 Å². The molecule has 1 aromatic carbocycles. The molecule has 0 aliphatic carbocycles. The molecule has 2 atom stereocenters. The molecule has 4 N–H and O–H groups in total. The Bertz CT molecular complexity index is 376. The van der Waals surface area contributed by atoms with E-state index in [0.717, 1.165) is 11.1 Å². The summed E-state index contributed by atoms with van der Waals surface area (Å²) in [6, 6.07) is 3.92. The van der Waals surface area contributed by atoms with Crippen LogP contribution in [0.1, 0.15) is 24.0 Å². The Kier molecular flexibility index (Phi) is 3.31. The summed E-state index contributed by atoms with van der Waals surface area (Å²) in [5.74, 6) is -1.12. The van der Waals surface area contributed by atoms with Gasteiger partial charge in [-0.1, -0.05) is 13.0 Å². The van der Waals surface area contributed by atoms with Gasteiger partial charge in [0.05, 0.1) is 0 Å². The maximum absolute atomic E-state index is 10.7. The van der Waals surface area contributed by atoms with Crippen molar-refractivity contribution in [1.29, 1.82) is 0 Å². The van der Waals surface area contributed by atoms with E-state index in [1.165, 1.54) is 6.07 Å². The van der Waals surface area contributed by atoms with Crippen molar-refractivity contribution in [3.63, 3.8) is 0 Å². The first-order valence-corrected chi connectivity index (χ1v) is 4.71. The zero-order valence-corrected chi connectivity index (χ0v) is 8.77. The number of rotatable bonds is 3. The van der Waals surface area contributed by atoms with Crippen molar-refractivity contribution < 1.29 is 15.0 Å². The van der Waals surface area contributed by atoms with Crippen molar-refractivity contribution in [3.05, 3.63) is 29.3 Å². The molecule has 1 rings (SSSR count). The zero-order chi connectivity index (χ0) is 11.6. The number of nitrogens with two attached hydrogens (primary N) is 1. The van der Waals surface area contributed by atoms with E-state index in [0.29, 0.717) is 0 Å². The molecule has 0 fully saturated rings. The van der Waals surface area contributed by atoms with Crippen molar-refractivity contribution in [2.45, 2.75) is 25.8 Å². The number of aromatic hydroxyl groups is 1. The fraction of sp³-hybridized carbons (Fsp3) is 0.364. The van der Waals surface area contributed by atoms with E-state index in [9.17, 15) is 9.90 Å². The number of aryl methyl sites for hydroxylation is 1. The van der Waals surface area contributed by atoms with E-state index in [1.807, 2.05) is 6.92 Å². The third kappa shape index (κ3) is 2.47. The molecule has 15 heavy (non-hydrogen) atoms. The molecule has 0 aliphatic rings. The topological polar surface area (TPSA) is 83.5 Å². The number of aliphatic carboxylic acids is 1. The van der Waals surface area contributed by atoms with Crippen molar-refractivity contribution >= 4 is 5.97 Å². The highest BCUT2D eigenvalue weighted by Crippen LogP contribution is 2.25. The van der Waals surface area contributed by atoms with E-state index in [-0.39, 0.29) is 11.7 Å². The maximum Gasteiger partial charge on any atom is 0.321 e. The van der Waals surface area contributed by atoms with Gasteiger partial charge in [-0.2, -0.15) is 0 Å². The van der Waals surface area contributed by atoms with Gasteiger partial charge in [-0.15, -0.1) is 0 Å². The molecule has 0 saturated carbocycles. The molecule has 0 spiro atoms. The fourth-order valence-electron chi connectivity index (χ4n) is 1.58. The van der Waals surface area contributed by atoms with Crippen LogP contribution in [-0.4, -0.2) is 22.2 Å². The number of carbonyl (C=O) groups is 1. The van der Waals surface area contributed by atoms with Crippen molar-refractivity contribution in [1.82, 2.24) is 0 Å². The van der Waals surface area contributed by atoms with Gasteiger partial charge in [0, 0.05) is 5.92 Å². The first-order valence-electron chi connectivity index (χ1n) is 4.71. The lowest BCUT2D eigenvalue weighted by molar-refractivity contribution is -0.139. The molecule has 0 saturated heterocycles. The Morgan fingerprint density at radius 1 is 1.47 bits per heavy atom. The summed E-state index contributed by atoms with van der Waals surface area (Å²) in [5, 5.41) is 18.0. The van der Waals surface area contributed by atoms with Crippen LogP contribution in [0.15, 0.2) is 18.2 Å². The van der Waals surface area contributed by atoms with Crippen molar-refractivity contribution in [2.24, 2.45) is 5.73 Å². The first kappa shape index (κ1) is 11.5. The molecule has 0 amide bonds. The minimum absolute atomic E-state index is 0.173. The van der Waals surface area contributed by atoms with Gasteiger partial charge in [0.1, 0.15) is 11.8 Å². The Morgan fingerprint density at radius 3 is 2.53 bits per heavy atom. The largest absolute Gasteiger partial charge is 0.508 e. The molecule has 0 unspecified atom stereocenters. The van der Waals surface area contributed by atoms with Crippen LogP contribution in [0.4, 0.5) is 0 Å². The lowest BCUT2D eigenvalue weighted by atomic mass is 9.90. The van der Waals surface area contributed by atoms with Gasteiger partial charge < -0.3 is 15.9 Å². The number of hydrogen-bond acceptors (Lipinski definition) is 3. The first-order chi connectivity index (χ1) is 6.93. The van der Waals surface area contributed by atoms with Gasteiger partial charge in [-0.25, -0.2) is 0 Å². The summed E-state index contributed by atoms with van der Waals surface area (Å²) in [6.45, 7) is 3.58. The average Bonchev–Trinajstić information content (AvgIpc) is 2.15. The van der Waals surface area contributed by atoms with Crippen LogP contribution in [0.25, 0.3) is 0 Å². The maximum atomic E-state index is 10.7. The lowest BCUT2D eigenvalue weighted by Gasteiger charge is -2.18. The summed E-state index contributed by atoms with van der Waals surface area (Å²) in [6.07, 6.45) is 0. The van der Waals surface area contributed by atoms with Crippen molar-refractivity contribution in [2.75, 3.05) is 0 Å². The Labute approximate surface area is 88.3 Å². The van der Waals surface area contributed by atoms with Crippen LogP contribution in [0.5, 0.6) is 5.75 Å². The summed E-state index contributed by atoms with van der Waals surface area (Å²) < 4.78 is 0. The Hall–Kier alpha value is -1.55. The van der Waals surface area contributed by atoms with Crippen LogP contribution in [0.2, 0.25) is 0 Å². The molecule has 0 radical (unpaired) electrons. The van der Waals surface area contributed by atoms with Gasteiger partial charge in [0.25, 0.3) is 0 Å². The Morgan fingerprint density at radius 2 is 2.07 bits per heavy atom. The minimum atomic E-state index is -1.02. The SMILES string of the molecule is Cc1cc(O)ccc1[C@@H](C)[C@H](N)C(=O)O. The molecule has 0 bridgehead atoms. The fourth-order valence-corrected chi connectivity index (χ4v) is 1.58. The molecule has 0 heterocycles. The quantitative estimate of drug-likeness (QED) is 0.698. The summed E-state index contributed by atoms with van der Waals surface area (Å²) in [7, 11) is 0. The van der Waals surface area contributed by atoms with Gasteiger partial charge in [-0.05, 0) is 30.2 Å². The van der Waals surface area contributed by atoms with E-state index in [1.54, 1.807) is 19.1 Å². The lowest BCUT2D eigenvalue weighted by Crippen LogP contribution is -2.35. The molecule has 82 valence electrons. The third-order valence-electron chi connectivity index (χ3n) is 2.57. The highest BCUT2D eigenvalue weighted by atomic mass is 16.4. The number of carboxylic acid groups (broad SMARTS) is 1. The van der Waals surface area contributed by atoms with Crippen LogP contribution >= 0.6 is 0 Å². The summed E-state index contributed by atoms with van der Waals surface area (Å²) in [4.78, 5) is 10.7. The molecular formula is C11H15NO3. The van der Waals surface area contributed by atoms with Crippen LogP contribution < -0.4 is 5.73 Å². The van der Waals surface area contributed by atoms with Gasteiger partial charge in [0.15, 0.2) is 0 Å². The molecule has 1 aromatic rings. The van der Waals surface area contributed by atoms with E-state index < -0.39 is 12.0 Å². The predicted octanol–water partition coefficient (Wildman–Crippen LogP) is 1.22. The number of carboxylic acids is 1. The second-order valence-corrected chi connectivity index (χ2v) is 3.69. The molecule has 4 nitrogen and oxygen atoms in total. The Balaban J connectivity index is 3.01. The van der Waals surface area contributed by atoms with Gasteiger partial charge in [0.2, 0.25) is 0 Å². The standard InChI is InChI=1S/C11H15NO3/c1-6-5-8(13)3-4-9(6)7(2)10(12)11(14)15/h3-5,7,10,13H,12H2,1-2H3,(H,14,15)/t7-,10+/m1/s1. The highest BCUT2D eigenvalue weighted by molar-refractivity contribution is 5.74. The number of phenolic OH excluding ortho intramolecular Hbond substituents is 1. The predicted molar refractivity (Wildman–Crippen MR) is 56.9 cm³/mol. The zero-order valence-electron chi connectivity index (χ0n) is 8.77. The van der Waals surface area contributed by atoms with Crippen molar-refractivity contribution in [3.8, 4) is 5.75 Å². The van der Waals surface area contributed by atoms with Crippen LogP contribution in [0, 0.1) is 6.92 Å². The van der Waals surface area contributed by atoms with Gasteiger partial charge >= 0.3 is 5.97 Å². The van der Waals surface area contributed by atoms with E-state index in [2.05, 4.69) is 0 Å². The second-order valence-electron chi connectivity index (χ2n) is 3.69. The molecule has 4 heteroatoms. The third-order valence-corrected chi connectivity index (χ3v) is 2.57. The monoisotopic (exact) mass is 209 g/mol. The summed E-state index contributed by atoms with van der Waals surface area (Å²) >= 11 is 0. The minimum Gasteiger partial charge on any atom is -0.508 e. The number of phenols is 1. The summed E-state index contributed by atoms with van der Waals surface area (Å²) in [5.41, 5.74) is 7.23. The van der Waals surface area contributed by atoms with Crippen LogP contribution in [-0.2, 0) is 4.79 Å². The normalized spacial score (nSPS) is 14.6. The number of benzene rings is 1. The van der Waals surface area contributed by atoms with E-state index >= 15 is 0 Å². The van der Waals surface area contributed by atoms with E-state index in [4.69, 9.17) is 10.8 Å². The number of hydrogen-bond donors (Lipinski definition) is 3. The molecular weight excluding hydrogens is 194 g/mol. The van der Waals surface area contributed by atoms with Gasteiger partial charge in [-0.3, -0.25) is 4.79 Å². The molecule has 0 aromatic heterocycles. The second kappa shape index (κ2) is 4.31. The highest BCUT2D eigenvalue weighted by Gasteiger charge is 2.22. The molecule has 0 aliphatic heterocycles. The smallest absolute Gasteiger partial charge is 0.321 e.